The molecular formula is C34H46F5NO2Si. The lowest BCUT2D eigenvalue weighted by molar-refractivity contribution is -0.289. The van der Waals surface area contributed by atoms with Gasteiger partial charge in [0.2, 0.25) is 0 Å². The van der Waals surface area contributed by atoms with Gasteiger partial charge in [0, 0.05) is 34.0 Å². The Morgan fingerprint density at radius 2 is 1.60 bits per heavy atom. The van der Waals surface area contributed by atoms with E-state index in [-0.39, 0.29) is 34.0 Å². The normalized spacial score (nSPS) is 21.8. The van der Waals surface area contributed by atoms with Gasteiger partial charge in [-0.25, -0.2) is 0 Å². The van der Waals surface area contributed by atoms with Crippen LogP contribution in [0.3, 0.4) is 0 Å². The molecule has 1 N–H and O–H groups in total. The maximum atomic E-state index is 14.1. The van der Waals surface area contributed by atoms with Gasteiger partial charge < -0.3 is 9.53 Å². The minimum atomic E-state index is -5.71. The van der Waals surface area contributed by atoms with Crippen LogP contribution in [0.5, 0.6) is 0 Å². The third kappa shape index (κ3) is 6.50. The second-order valence-electron chi connectivity index (χ2n) is 15.0. The molecule has 2 aliphatic carbocycles. The lowest BCUT2D eigenvalue weighted by atomic mass is 9.70. The van der Waals surface area contributed by atoms with Gasteiger partial charge in [-0.1, -0.05) is 84.9 Å². The van der Waals surface area contributed by atoms with Crippen molar-refractivity contribution in [2.45, 2.75) is 128 Å². The predicted molar refractivity (Wildman–Crippen MR) is 163 cm³/mol. The van der Waals surface area contributed by atoms with Crippen molar-refractivity contribution in [1.82, 2.24) is 4.98 Å². The summed E-state index contributed by atoms with van der Waals surface area (Å²) in [5.41, 5.74) is 3.30. The number of pyridine rings is 1. The van der Waals surface area contributed by atoms with E-state index in [1.807, 2.05) is 13.8 Å². The molecule has 1 aromatic heterocycles. The van der Waals surface area contributed by atoms with Crippen LogP contribution in [0, 0.1) is 5.41 Å². The maximum absolute atomic E-state index is 14.1. The SMILES string of the molecule is CC(C)c1nc2c(c(C3C=CCC3)c1[C@H](O)c1ccc(C(F)(F)C(F)(F)F)cc1)C(O[Si](C)(C)C(C)(C)C)CC(C)(C)C2. The number of alkyl halides is 5. The molecule has 43 heavy (non-hydrogen) atoms. The molecule has 4 rings (SSSR count). The Hall–Kier alpha value is -2.10. The fourth-order valence-electron chi connectivity index (χ4n) is 6.17. The van der Waals surface area contributed by atoms with Crippen molar-refractivity contribution < 1.29 is 31.5 Å². The van der Waals surface area contributed by atoms with Gasteiger partial charge in [0.05, 0.1) is 6.10 Å². The first kappa shape index (κ1) is 33.8. The minimum Gasteiger partial charge on any atom is -0.410 e. The molecular weight excluding hydrogens is 577 g/mol. The number of aliphatic hydroxyl groups is 1. The average Bonchev–Trinajstić information content (AvgIpc) is 3.39. The van der Waals surface area contributed by atoms with Gasteiger partial charge in [-0.15, -0.1) is 0 Å². The summed E-state index contributed by atoms with van der Waals surface area (Å²) >= 11 is 0. The van der Waals surface area contributed by atoms with E-state index in [0.717, 1.165) is 60.3 Å². The number of halogens is 5. The van der Waals surface area contributed by atoms with Crippen molar-refractivity contribution in [3.8, 4) is 0 Å². The summed E-state index contributed by atoms with van der Waals surface area (Å²) in [5, 5.41) is 11.9. The number of aliphatic hydroxyl groups excluding tert-OH is 1. The molecule has 2 unspecified atom stereocenters. The largest absolute Gasteiger partial charge is 0.458 e. The van der Waals surface area contributed by atoms with Crippen molar-refractivity contribution in [1.29, 1.82) is 0 Å². The van der Waals surface area contributed by atoms with Crippen LogP contribution in [0.1, 0.15) is 131 Å². The van der Waals surface area contributed by atoms with Gasteiger partial charge in [-0.05, 0) is 66.3 Å². The molecule has 0 amide bonds. The molecule has 2 aliphatic rings. The number of nitrogens with zero attached hydrogens (tertiary/aromatic N) is 1. The highest BCUT2D eigenvalue weighted by molar-refractivity contribution is 6.74. The molecule has 9 heteroatoms. The second kappa shape index (κ2) is 11.4. The number of aromatic nitrogens is 1. The Labute approximate surface area is 254 Å². The van der Waals surface area contributed by atoms with Crippen molar-refractivity contribution in [3.05, 3.63) is 75.6 Å². The van der Waals surface area contributed by atoms with E-state index in [0.29, 0.717) is 5.56 Å². The van der Waals surface area contributed by atoms with E-state index in [1.165, 1.54) is 12.1 Å². The molecule has 0 spiro atoms. The zero-order valence-electron chi connectivity index (χ0n) is 26.8. The average molecular weight is 624 g/mol. The Kier molecular flexibility index (Phi) is 8.92. The van der Waals surface area contributed by atoms with Crippen LogP contribution in [0.2, 0.25) is 18.1 Å². The van der Waals surface area contributed by atoms with Crippen LogP contribution in [-0.2, 0) is 16.8 Å². The third-order valence-electron chi connectivity index (χ3n) is 9.52. The first-order chi connectivity index (χ1) is 19.6. The molecule has 1 aromatic carbocycles. The maximum Gasteiger partial charge on any atom is 0.458 e. The van der Waals surface area contributed by atoms with Crippen molar-refractivity contribution >= 4 is 8.32 Å². The number of allylic oxidation sites excluding steroid dienone is 2. The molecule has 1 heterocycles. The summed E-state index contributed by atoms with van der Waals surface area (Å²) in [5.74, 6) is -5.06. The Balaban J connectivity index is 1.95. The van der Waals surface area contributed by atoms with E-state index in [1.54, 1.807) is 0 Å². The summed E-state index contributed by atoms with van der Waals surface area (Å²) in [7, 11) is -2.24. The van der Waals surface area contributed by atoms with Crippen LogP contribution < -0.4 is 0 Å². The van der Waals surface area contributed by atoms with Gasteiger partial charge in [0.15, 0.2) is 8.32 Å². The monoisotopic (exact) mass is 623 g/mol. The van der Waals surface area contributed by atoms with E-state index >= 15 is 0 Å². The van der Waals surface area contributed by atoms with E-state index in [9.17, 15) is 27.1 Å². The van der Waals surface area contributed by atoms with Crippen LogP contribution in [0.15, 0.2) is 36.4 Å². The van der Waals surface area contributed by atoms with E-state index < -0.39 is 32.1 Å². The summed E-state index contributed by atoms with van der Waals surface area (Å²) in [6, 6.07) is 3.86. The molecule has 238 valence electrons. The molecule has 0 saturated carbocycles. The number of fused-ring (bicyclic) bond motifs is 1. The zero-order valence-corrected chi connectivity index (χ0v) is 27.8. The van der Waals surface area contributed by atoms with Crippen LogP contribution in [0.25, 0.3) is 0 Å². The fourth-order valence-corrected chi connectivity index (χ4v) is 7.43. The Morgan fingerprint density at radius 3 is 2.09 bits per heavy atom. The van der Waals surface area contributed by atoms with Crippen molar-refractivity contribution in [3.63, 3.8) is 0 Å². The van der Waals surface area contributed by atoms with Gasteiger partial charge in [-0.3, -0.25) is 4.98 Å². The number of rotatable bonds is 7. The smallest absolute Gasteiger partial charge is 0.410 e. The zero-order chi connectivity index (χ0) is 32.3. The first-order valence-electron chi connectivity index (χ1n) is 15.2. The highest BCUT2D eigenvalue weighted by Gasteiger charge is 2.58. The minimum absolute atomic E-state index is 0.000496. The fraction of sp³-hybridized carbons (Fsp3) is 0.618. The highest BCUT2D eigenvalue weighted by Crippen LogP contribution is 2.52. The predicted octanol–water partition coefficient (Wildman–Crippen LogP) is 10.4. The highest BCUT2D eigenvalue weighted by atomic mass is 28.4. The van der Waals surface area contributed by atoms with Crippen LogP contribution in [0.4, 0.5) is 22.0 Å². The summed E-state index contributed by atoms with van der Waals surface area (Å²) in [6.07, 6.45) is 0.340. The lowest BCUT2D eigenvalue weighted by Gasteiger charge is -2.45. The quantitative estimate of drug-likeness (QED) is 0.190. The molecule has 0 bridgehead atoms. The lowest BCUT2D eigenvalue weighted by Crippen LogP contribution is -2.44. The molecule has 0 fully saturated rings. The molecule has 3 atom stereocenters. The van der Waals surface area contributed by atoms with Crippen LogP contribution >= 0.6 is 0 Å². The molecule has 0 saturated heterocycles. The molecule has 0 radical (unpaired) electrons. The first-order valence-corrected chi connectivity index (χ1v) is 18.1. The topological polar surface area (TPSA) is 42.4 Å². The molecule has 0 aliphatic heterocycles. The summed E-state index contributed by atoms with van der Waals surface area (Å²) in [6.45, 7) is 19.5. The summed E-state index contributed by atoms with van der Waals surface area (Å²) in [4.78, 5) is 5.20. The Bertz CT molecular complexity index is 1360. The number of benzene rings is 1. The van der Waals surface area contributed by atoms with Gasteiger partial charge in [-0.2, -0.15) is 22.0 Å². The molecule has 2 aromatic rings. The van der Waals surface area contributed by atoms with E-state index in [2.05, 4.69) is 59.9 Å². The van der Waals surface area contributed by atoms with Gasteiger partial charge in [0.25, 0.3) is 0 Å². The summed E-state index contributed by atoms with van der Waals surface area (Å²) < 4.78 is 74.3. The number of hydrogen-bond acceptors (Lipinski definition) is 3. The van der Waals surface area contributed by atoms with E-state index in [4.69, 9.17) is 9.41 Å². The Morgan fingerprint density at radius 1 is 1.00 bits per heavy atom. The molecule has 3 nitrogen and oxygen atoms in total. The van der Waals surface area contributed by atoms with Gasteiger partial charge in [0.1, 0.15) is 6.10 Å². The standard InChI is InChI=1S/C34H46F5NO2Si/c1-20(2)29-28(30(41)22-14-16-23(17-15-22)33(35,36)34(37,38)39)26(21-12-10-11-13-21)27-24(40-29)18-32(6,7)19-25(27)42-43(8,9)31(3,4)5/h10,12,14-17,20-21,25,30,41H,11,13,18-19H2,1-9H3/t21?,25?,30-/m1/s1. The second-order valence-corrected chi connectivity index (χ2v) is 19.7. The number of hydrogen-bond donors (Lipinski definition) is 1. The van der Waals surface area contributed by atoms with Crippen molar-refractivity contribution in [2.24, 2.45) is 5.41 Å². The van der Waals surface area contributed by atoms with Crippen LogP contribution in [-0.4, -0.2) is 24.6 Å². The van der Waals surface area contributed by atoms with Gasteiger partial charge >= 0.3 is 12.1 Å². The van der Waals surface area contributed by atoms with Crippen molar-refractivity contribution in [2.75, 3.05) is 0 Å². The third-order valence-corrected chi connectivity index (χ3v) is 14.0.